The summed E-state index contributed by atoms with van der Waals surface area (Å²) in [6.07, 6.45) is 1.44. The Hall–Kier alpha value is -1.94. The Morgan fingerprint density at radius 1 is 1.28 bits per heavy atom. The number of thiazole rings is 1. The van der Waals surface area contributed by atoms with Gasteiger partial charge in [-0.3, -0.25) is 24.6 Å². The highest BCUT2D eigenvalue weighted by atomic mass is 35.5. The number of carbonyl (C=O) groups excluding carboxylic acids is 2. The minimum atomic E-state index is -0.552. The largest absolute Gasteiger partial charge is 0.293 e. The fraction of sp³-hybridized carbons (Fsp3) is 0.0714. The molecule has 1 aromatic carbocycles. The van der Waals surface area contributed by atoms with E-state index in [4.69, 9.17) is 23.2 Å². The molecule has 2 amide bonds. The van der Waals surface area contributed by atoms with Gasteiger partial charge in [-0.1, -0.05) is 41.4 Å². The molecule has 0 bridgehead atoms. The summed E-state index contributed by atoms with van der Waals surface area (Å²) < 4.78 is 0.218. The smallest absolute Gasteiger partial charge is 0.268 e. The number of aromatic nitrogens is 1. The molecule has 0 radical (unpaired) electrons. The van der Waals surface area contributed by atoms with E-state index >= 15 is 0 Å². The summed E-state index contributed by atoms with van der Waals surface area (Å²) in [6, 6.07) is 5.95. The number of halogens is 2. The van der Waals surface area contributed by atoms with Gasteiger partial charge in [0.2, 0.25) is 0 Å². The minimum Gasteiger partial charge on any atom is -0.268 e. The third kappa shape index (κ3) is 3.69. The van der Waals surface area contributed by atoms with Crippen molar-refractivity contribution in [3.05, 3.63) is 59.3 Å². The third-order valence-electron chi connectivity index (χ3n) is 3.24. The predicted molar refractivity (Wildman–Crippen MR) is 96.7 cm³/mol. The molecule has 2 heterocycles. The van der Waals surface area contributed by atoms with Crippen LogP contribution >= 0.6 is 46.3 Å². The van der Waals surface area contributed by atoms with Crippen LogP contribution in [0.1, 0.15) is 10.4 Å². The molecule has 0 atom stereocenters. The van der Waals surface area contributed by atoms with Gasteiger partial charge in [0.1, 0.15) is 5.15 Å². The summed E-state index contributed by atoms with van der Waals surface area (Å²) in [5.74, 6) is -0.547. The molecule has 0 aliphatic carbocycles. The second-order valence-electron chi connectivity index (χ2n) is 4.78. The Balaban J connectivity index is 1.88. The number of carbonyl (C=O) groups is 2. The van der Waals surface area contributed by atoms with E-state index in [1.165, 1.54) is 24.3 Å². The number of para-hydroxylation sites is 1. The van der Waals surface area contributed by atoms with Gasteiger partial charge in [-0.25, -0.2) is 4.98 Å². The SMILES string of the molecule is O=C1S/C(=C\c2sc(Cl)nc2Cl)C(=O)N1Cc1ccccc1[N+](=O)[O-]. The number of nitrogens with zero attached hydrogens (tertiary/aromatic N) is 3. The van der Waals surface area contributed by atoms with Crippen molar-refractivity contribution < 1.29 is 14.5 Å². The Kier molecular flexibility index (Phi) is 5.09. The first-order chi connectivity index (χ1) is 11.9. The first-order valence-electron chi connectivity index (χ1n) is 6.66. The van der Waals surface area contributed by atoms with E-state index in [1.54, 1.807) is 6.07 Å². The van der Waals surface area contributed by atoms with Crippen molar-refractivity contribution in [2.24, 2.45) is 0 Å². The average Bonchev–Trinajstić information content (AvgIpc) is 3.01. The highest BCUT2D eigenvalue weighted by Gasteiger charge is 2.36. The normalized spacial score (nSPS) is 16.1. The number of rotatable bonds is 4. The van der Waals surface area contributed by atoms with Crippen molar-refractivity contribution in [2.45, 2.75) is 6.54 Å². The van der Waals surface area contributed by atoms with E-state index in [0.29, 0.717) is 4.88 Å². The lowest BCUT2D eigenvalue weighted by Gasteiger charge is -2.12. The maximum absolute atomic E-state index is 12.5. The molecule has 25 heavy (non-hydrogen) atoms. The van der Waals surface area contributed by atoms with E-state index < -0.39 is 16.1 Å². The van der Waals surface area contributed by atoms with Crippen LogP contribution < -0.4 is 0 Å². The van der Waals surface area contributed by atoms with E-state index in [0.717, 1.165) is 28.0 Å². The number of benzene rings is 1. The molecule has 1 fully saturated rings. The number of nitro benzene ring substituents is 1. The molecule has 1 aliphatic heterocycles. The Morgan fingerprint density at radius 2 is 2.00 bits per heavy atom. The van der Waals surface area contributed by atoms with E-state index in [9.17, 15) is 19.7 Å². The minimum absolute atomic E-state index is 0.139. The zero-order valence-electron chi connectivity index (χ0n) is 12.1. The lowest BCUT2D eigenvalue weighted by Crippen LogP contribution is -2.27. The zero-order valence-corrected chi connectivity index (χ0v) is 15.3. The lowest BCUT2D eigenvalue weighted by atomic mass is 10.1. The molecule has 0 unspecified atom stereocenters. The molecule has 1 aromatic heterocycles. The molecule has 3 rings (SSSR count). The van der Waals surface area contributed by atoms with Crippen molar-refractivity contribution in [1.82, 2.24) is 9.88 Å². The Labute approximate surface area is 159 Å². The first kappa shape index (κ1) is 17.9. The van der Waals surface area contributed by atoms with Gasteiger partial charge in [0.25, 0.3) is 16.8 Å². The molecule has 1 saturated heterocycles. The summed E-state index contributed by atoms with van der Waals surface area (Å²) in [4.78, 5) is 40.5. The van der Waals surface area contributed by atoms with Gasteiger partial charge >= 0.3 is 0 Å². The second kappa shape index (κ2) is 7.12. The monoisotopic (exact) mass is 415 g/mol. The van der Waals surface area contributed by atoms with Crippen LogP contribution in [0.3, 0.4) is 0 Å². The number of hydrogen-bond donors (Lipinski definition) is 0. The second-order valence-corrected chi connectivity index (χ2v) is 7.74. The highest BCUT2D eigenvalue weighted by Crippen LogP contribution is 2.37. The summed E-state index contributed by atoms with van der Waals surface area (Å²) in [7, 11) is 0. The fourth-order valence-electron chi connectivity index (χ4n) is 2.13. The molecule has 0 spiro atoms. The van der Waals surface area contributed by atoms with Crippen LogP contribution in [0.4, 0.5) is 10.5 Å². The van der Waals surface area contributed by atoms with Gasteiger partial charge in [0, 0.05) is 11.6 Å². The van der Waals surface area contributed by atoms with Gasteiger partial charge in [-0.05, 0) is 17.8 Å². The fourth-order valence-corrected chi connectivity index (χ4v) is 4.33. The lowest BCUT2D eigenvalue weighted by molar-refractivity contribution is -0.385. The van der Waals surface area contributed by atoms with Crippen molar-refractivity contribution >= 4 is 69.2 Å². The maximum Gasteiger partial charge on any atom is 0.293 e. The molecule has 7 nitrogen and oxygen atoms in total. The zero-order chi connectivity index (χ0) is 18.1. The molecule has 11 heteroatoms. The first-order valence-corrected chi connectivity index (χ1v) is 9.05. The summed E-state index contributed by atoms with van der Waals surface area (Å²) in [6.45, 7) is -0.184. The standard InChI is InChI=1S/C14H7Cl2N3O4S2/c15-11-9(24-13(16)17-11)5-10-12(20)18(14(21)25-10)6-7-3-1-2-4-8(7)19(22)23/h1-5H,6H2/b10-5-. The number of amides is 2. The van der Waals surface area contributed by atoms with Crippen LogP contribution in [0.25, 0.3) is 6.08 Å². The van der Waals surface area contributed by atoms with Crippen LogP contribution in [-0.2, 0) is 11.3 Å². The van der Waals surface area contributed by atoms with Crippen molar-refractivity contribution in [3.63, 3.8) is 0 Å². The van der Waals surface area contributed by atoms with Crippen LogP contribution in [0, 0.1) is 10.1 Å². The Morgan fingerprint density at radius 3 is 2.64 bits per heavy atom. The number of nitro groups is 1. The van der Waals surface area contributed by atoms with E-state index in [1.807, 2.05) is 0 Å². The van der Waals surface area contributed by atoms with Crippen LogP contribution in [0.5, 0.6) is 0 Å². The highest BCUT2D eigenvalue weighted by molar-refractivity contribution is 8.18. The molecule has 0 saturated carbocycles. The van der Waals surface area contributed by atoms with Crippen molar-refractivity contribution in [1.29, 1.82) is 0 Å². The summed E-state index contributed by atoms with van der Waals surface area (Å²) >= 11 is 13.5. The van der Waals surface area contributed by atoms with Gasteiger partial charge in [-0.2, -0.15) is 0 Å². The molecule has 1 aliphatic rings. The van der Waals surface area contributed by atoms with Crippen LogP contribution in [-0.4, -0.2) is 26.0 Å². The quantitative estimate of drug-likeness (QED) is 0.411. The van der Waals surface area contributed by atoms with E-state index in [2.05, 4.69) is 4.98 Å². The number of imide groups is 1. The van der Waals surface area contributed by atoms with Crippen molar-refractivity contribution in [3.8, 4) is 0 Å². The molecule has 0 N–H and O–H groups in total. The van der Waals surface area contributed by atoms with Crippen LogP contribution in [0.2, 0.25) is 9.62 Å². The third-order valence-corrected chi connectivity index (χ3v) is 5.65. The van der Waals surface area contributed by atoms with Gasteiger partial charge < -0.3 is 0 Å². The average molecular weight is 416 g/mol. The molecular formula is C14H7Cl2N3O4S2. The van der Waals surface area contributed by atoms with Crippen LogP contribution in [0.15, 0.2) is 29.2 Å². The van der Waals surface area contributed by atoms with Gasteiger partial charge in [0.05, 0.1) is 21.3 Å². The molecular weight excluding hydrogens is 409 g/mol. The predicted octanol–water partition coefficient (Wildman–Crippen LogP) is 4.59. The Bertz CT molecular complexity index is 929. The number of hydrogen-bond acceptors (Lipinski definition) is 7. The van der Waals surface area contributed by atoms with Gasteiger partial charge in [0.15, 0.2) is 4.47 Å². The maximum atomic E-state index is 12.5. The molecule has 2 aromatic rings. The van der Waals surface area contributed by atoms with Crippen molar-refractivity contribution in [2.75, 3.05) is 0 Å². The summed E-state index contributed by atoms with van der Waals surface area (Å²) in [5, 5.41) is 10.7. The van der Waals surface area contributed by atoms with E-state index in [-0.39, 0.29) is 32.3 Å². The molecule has 128 valence electrons. The summed E-state index contributed by atoms with van der Waals surface area (Å²) in [5.41, 5.74) is 0.123. The number of thioether (sulfide) groups is 1. The van der Waals surface area contributed by atoms with Gasteiger partial charge in [-0.15, -0.1) is 11.3 Å². The topological polar surface area (TPSA) is 93.4 Å².